The van der Waals surface area contributed by atoms with E-state index in [9.17, 15) is 0 Å². The van der Waals surface area contributed by atoms with E-state index in [1.807, 2.05) is 6.20 Å². The number of nitrogens with one attached hydrogen (secondary N) is 1. The standard InChI is InChI=1S/C13H23N3/c1-3-11(2)16-13(9-10-14-16)15-12-7-5-4-6-8-12/h9-12,15H,3-8H2,1-2H3. The van der Waals surface area contributed by atoms with Crippen LogP contribution in [0.4, 0.5) is 5.82 Å². The second kappa shape index (κ2) is 5.37. The number of hydrogen-bond donors (Lipinski definition) is 1. The van der Waals surface area contributed by atoms with Gasteiger partial charge >= 0.3 is 0 Å². The maximum absolute atomic E-state index is 4.41. The fourth-order valence-corrected chi connectivity index (χ4v) is 2.41. The van der Waals surface area contributed by atoms with Crippen molar-refractivity contribution in [2.45, 2.75) is 64.5 Å². The van der Waals surface area contributed by atoms with Crippen molar-refractivity contribution < 1.29 is 0 Å². The first-order chi connectivity index (χ1) is 7.81. The molecule has 0 saturated heterocycles. The van der Waals surface area contributed by atoms with Gasteiger partial charge in [-0.05, 0) is 26.2 Å². The monoisotopic (exact) mass is 221 g/mol. The minimum atomic E-state index is 0.487. The number of nitrogens with zero attached hydrogens (tertiary/aromatic N) is 2. The van der Waals surface area contributed by atoms with Gasteiger partial charge in [0.15, 0.2) is 0 Å². The lowest BCUT2D eigenvalue weighted by Crippen LogP contribution is -2.24. The van der Waals surface area contributed by atoms with E-state index in [1.54, 1.807) is 0 Å². The largest absolute Gasteiger partial charge is 0.368 e. The van der Waals surface area contributed by atoms with Crippen LogP contribution in [-0.2, 0) is 0 Å². The van der Waals surface area contributed by atoms with Crippen molar-refractivity contribution in [3.8, 4) is 0 Å². The van der Waals surface area contributed by atoms with Gasteiger partial charge in [0.05, 0.1) is 12.2 Å². The number of anilines is 1. The van der Waals surface area contributed by atoms with E-state index < -0.39 is 0 Å². The molecule has 1 N–H and O–H groups in total. The molecule has 3 nitrogen and oxygen atoms in total. The van der Waals surface area contributed by atoms with Crippen LogP contribution in [0.25, 0.3) is 0 Å². The van der Waals surface area contributed by atoms with Crippen molar-refractivity contribution in [1.29, 1.82) is 0 Å². The summed E-state index contributed by atoms with van der Waals surface area (Å²) in [4.78, 5) is 0. The number of rotatable bonds is 4. The zero-order valence-electron chi connectivity index (χ0n) is 10.4. The molecule has 3 heteroatoms. The molecule has 2 rings (SSSR count). The Hall–Kier alpha value is -0.990. The first kappa shape index (κ1) is 11.5. The molecule has 1 aromatic rings. The summed E-state index contributed by atoms with van der Waals surface area (Å²) < 4.78 is 2.12. The molecule has 16 heavy (non-hydrogen) atoms. The lowest BCUT2D eigenvalue weighted by molar-refractivity contribution is 0.446. The van der Waals surface area contributed by atoms with E-state index in [0.717, 1.165) is 6.42 Å². The van der Waals surface area contributed by atoms with Crippen LogP contribution in [0.3, 0.4) is 0 Å². The van der Waals surface area contributed by atoms with Crippen LogP contribution in [0.1, 0.15) is 58.4 Å². The summed E-state index contributed by atoms with van der Waals surface area (Å²) in [6.45, 7) is 4.43. The summed E-state index contributed by atoms with van der Waals surface area (Å²) in [7, 11) is 0. The second-order valence-corrected chi connectivity index (χ2v) is 4.90. The molecule has 1 aliphatic carbocycles. The number of hydrogen-bond acceptors (Lipinski definition) is 2. The predicted molar refractivity (Wildman–Crippen MR) is 67.7 cm³/mol. The first-order valence-corrected chi connectivity index (χ1v) is 6.61. The third-order valence-electron chi connectivity index (χ3n) is 3.64. The van der Waals surface area contributed by atoms with Gasteiger partial charge in [0.25, 0.3) is 0 Å². The van der Waals surface area contributed by atoms with Gasteiger partial charge in [-0.25, -0.2) is 4.68 Å². The van der Waals surface area contributed by atoms with Gasteiger partial charge in [-0.3, -0.25) is 0 Å². The quantitative estimate of drug-likeness (QED) is 0.842. The van der Waals surface area contributed by atoms with Gasteiger partial charge in [0, 0.05) is 12.1 Å². The average molecular weight is 221 g/mol. The zero-order valence-corrected chi connectivity index (χ0v) is 10.4. The van der Waals surface area contributed by atoms with E-state index in [-0.39, 0.29) is 0 Å². The van der Waals surface area contributed by atoms with Gasteiger partial charge in [-0.15, -0.1) is 0 Å². The summed E-state index contributed by atoms with van der Waals surface area (Å²) in [6.07, 6.45) is 9.79. The van der Waals surface area contributed by atoms with Crippen molar-refractivity contribution >= 4 is 5.82 Å². The lowest BCUT2D eigenvalue weighted by Gasteiger charge is -2.25. The van der Waals surface area contributed by atoms with Gasteiger partial charge in [0.1, 0.15) is 5.82 Å². The molecule has 0 spiro atoms. The van der Waals surface area contributed by atoms with Crippen LogP contribution in [0, 0.1) is 0 Å². The van der Waals surface area contributed by atoms with Crippen molar-refractivity contribution in [2.24, 2.45) is 0 Å². The molecule has 90 valence electrons. The average Bonchev–Trinajstić information content (AvgIpc) is 2.77. The van der Waals surface area contributed by atoms with Crippen molar-refractivity contribution in [3.63, 3.8) is 0 Å². The van der Waals surface area contributed by atoms with E-state index in [0.29, 0.717) is 12.1 Å². The normalized spacial score (nSPS) is 19.6. The van der Waals surface area contributed by atoms with Crippen LogP contribution >= 0.6 is 0 Å². The maximum Gasteiger partial charge on any atom is 0.124 e. The molecule has 1 aromatic heterocycles. The van der Waals surface area contributed by atoms with E-state index in [4.69, 9.17) is 0 Å². The van der Waals surface area contributed by atoms with Gasteiger partial charge in [-0.2, -0.15) is 5.10 Å². The predicted octanol–water partition coefficient (Wildman–Crippen LogP) is 3.60. The third-order valence-corrected chi connectivity index (χ3v) is 3.64. The Balaban J connectivity index is 2.00. The van der Waals surface area contributed by atoms with Gasteiger partial charge in [-0.1, -0.05) is 26.2 Å². The maximum atomic E-state index is 4.41. The van der Waals surface area contributed by atoms with E-state index in [1.165, 1.54) is 37.9 Å². The van der Waals surface area contributed by atoms with E-state index >= 15 is 0 Å². The highest BCUT2D eigenvalue weighted by atomic mass is 15.3. The number of aromatic nitrogens is 2. The summed E-state index contributed by atoms with van der Waals surface area (Å²) in [5, 5.41) is 8.05. The molecule has 0 aromatic carbocycles. The van der Waals surface area contributed by atoms with Crippen LogP contribution in [0.15, 0.2) is 12.3 Å². The van der Waals surface area contributed by atoms with Gasteiger partial charge < -0.3 is 5.32 Å². The Labute approximate surface area is 98.2 Å². The molecular weight excluding hydrogens is 198 g/mol. The molecule has 0 bridgehead atoms. The Bertz CT molecular complexity index is 313. The minimum absolute atomic E-state index is 0.487. The second-order valence-electron chi connectivity index (χ2n) is 4.90. The minimum Gasteiger partial charge on any atom is -0.368 e. The molecule has 1 heterocycles. The molecule has 1 atom stereocenters. The third kappa shape index (κ3) is 2.57. The van der Waals surface area contributed by atoms with Crippen LogP contribution in [-0.4, -0.2) is 15.8 Å². The zero-order chi connectivity index (χ0) is 11.4. The molecule has 0 amide bonds. The molecular formula is C13H23N3. The summed E-state index contributed by atoms with van der Waals surface area (Å²) in [5.74, 6) is 1.20. The molecule has 1 saturated carbocycles. The fraction of sp³-hybridized carbons (Fsp3) is 0.769. The van der Waals surface area contributed by atoms with Crippen molar-refractivity contribution in [2.75, 3.05) is 5.32 Å². The SMILES string of the molecule is CCC(C)n1nccc1NC1CCCCC1. The van der Waals surface area contributed by atoms with Crippen molar-refractivity contribution in [3.05, 3.63) is 12.3 Å². The first-order valence-electron chi connectivity index (χ1n) is 6.61. The summed E-state index contributed by atoms with van der Waals surface area (Å²) in [5.41, 5.74) is 0. The van der Waals surface area contributed by atoms with Crippen LogP contribution < -0.4 is 5.32 Å². The summed E-state index contributed by atoms with van der Waals surface area (Å²) in [6, 6.07) is 3.25. The Kier molecular flexibility index (Phi) is 3.86. The van der Waals surface area contributed by atoms with Crippen LogP contribution in [0.5, 0.6) is 0 Å². The van der Waals surface area contributed by atoms with Crippen molar-refractivity contribution in [1.82, 2.24) is 9.78 Å². The highest BCUT2D eigenvalue weighted by molar-refractivity contribution is 5.35. The topological polar surface area (TPSA) is 29.9 Å². The lowest BCUT2D eigenvalue weighted by atomic mass is 9.95. The smallest absolute Gasteiger partial charge is 0.124 e. The fourth-order valence-electron chi connectivity index (χ4n) is 2.41. The molecule has 0 aliphatic heterocycles. The summed E-state index contributed by atoms with van der Waals surface area (Å²) >= 11 is 0. The molecule has 1 unspecified atom stereocenters. The van der Waals surface area contributed by atoms with Gasteiger partial charge in [0.2, 0.25) is 0 Å². The molecule has 1 aliphatic rings. The molecule has 0 radical (unpaired) electrons. The Morgan fingerprint density at radius 1 is 1.44 bits per heavy atom. The molecule has 1 fully saturated rings. The Morgan fingerprint density at radius 2 is 2.19 bits per heavy atom. The Morgan fingerprint density at radius 3 is 2.88 bits per heavy atom. The highest BCUT2D eigenvalue weighted by Gasteiger charge is 2.15. The van der Waals surface area contributed by atoms with E-state index in [2.05, 4.69) is 35.0 Å². The van der Waals surface area contributed by atoms with Crippen LogP contribution in [0.2, 0.25) is 0 Å². The highest BCUT2D eigenvalue weighted by Crippen LogP contribution is 2.23.